The molecule has 122 valence electrons. The molecule has 1 aliphatic heterocycles. The summed E-state index contributed by atoms with van der Waals surface area (Å²) in [5, 5.41) is 11.9. The number of nitrogens with one attached hydrogen (secondary N) is 3. The van der Waals surface area contributed by atoms with E-state index in [1.54, 1.807) is 12.4 Å². The van der Waals surface area contributed by atoms with Crippen molar-refractivity contribution in [2.24, 2.45) is 0 Å². The molecule has 1 fully saturated rings. The Kier molecular flexibility index (Phi) is 4.72. The van der Waals surface area contributed by atoms with Crippen molar-refractivity contribution in [2.75, 3.05) is 43.4 Å². The van der Waals surface area contributed by atoms with Gasteiger partial charge < -0.3 is 20.4 Å². The smallest absolute Gasteiger partial charge is 0.319 e. The van der Waals surface area contributed by atoms with Gasteiger partial charge in [0.15, 0.2) is 0 Å². The number of urea groups is 1. The standard InChI is InChI=1S/C15H21N7O/c1-21-4-6-22(7-5-21)14-3-2-12(8-16-14)9-17-15(23)20-13-10-18-19-11-13/h2-3,8,10-11H,4-7,9H2,1H3,(H,18,19)(H2,17,20,23). The van der Waals surface area contributed by atoms with Gasteiger partial charge in [0.2, 0.25) is 0 Å². The van der Waals surface area contributed by atoms with Crippen LogP contribution < -0.4 is 15.5 Å². The number of nitrogens with zero attached hydrogens (tertiary/aromatic N) is 4. The van der Waals surface area contributed by atoms with Crippen LogP contribution in [0.3, 0.4) is 0 Å². The SMILES string of the molecule is CN1CCN(c2ccc(CNC(=O)Nc3cn[nH]c3)cn2)CC1. The highest BCUT2D eigenvalue weighted by molar-refractivity contribution is 5.88. The second-order valence-corrected chi connectivity index (χ2v) is 5.61. The maximum atomic E-state index is 11.7. The van der Waals surface area contributed by atoms with Crippen molar-refractivity contribution in [3.63, 3.8) is 0 Å². The minimum Gasteiger partial charge on any atom is -0.354 e. The van der Waals surface area contributed by atoms with Crippen molar-refractivity contribution in [3.8, 4) is 0 Å². The van der Waals surface area contributed by atoms with Gasteiger partial charge in [-0.2, -0.15) is 5.10 Å². The third-order valence-corrected chi connectivity index (χ3v) is 3.85. The second-order valence-electron chi connectivity index (χ2n) is 5.61. The van der Waals surface area contributed by atoms with Gasteiger partial charge in [0, 0.05) is 45.1 Å². The molecule has 0 atom stereocenters. The Bertz CT molecular complexity index is 618. The first kappa shape index (κ1) is 15.3. The number of pyridine rings is 1. The van der Waals surface area contributed by atoms with Crippen LogP contribution in [0.15, 0.2) is 30.7 Å². The van der Waals surface area contributed by atoms with Gasteiger partial charge in [0.25, 0.3) is 0 Å². The fourth-order valence-corrected chi connectivity index (χ4v) is 2.42. The van der Waals surface area contributed by atoms with E-state index in [2.05, 4.69) is 42.7 Å². The number of amides is 2. The van der Waals surface area contributed by atoms with Crippen LogP contribution >= 0.6 is 0 Å². The van der Waals surface area contributed by atoms with Crippen molar-refractivity contribution >= 4 is 17.5 Å². The summed E-state index contributed by atoms with van der Waals surface area (Å²) in [6, 6.07) is 3.74. The maximum Gasteiger partial charge on any atom is 0.319 e. The Balaban J connectivity index is 1.48. The lowest BCUT2D eigenvalue weighted by Crippen LogP contribution is -2.44. The number of hydrogen-bond acceptors (Lipinski definition) is 5. The van der Waals surface area contributed by atoms with Crippen LogP contribution in [0.4, 0.5) is 16.3 Å². The molecule has 23 heavy (non-hydrogen) atoms. The predicted molar refractivity (Wildman–Crippen MR) is 88.4 cm³/mol. The van der Waals surface area contributed by atoms with Crippen molar-refractivity contribution in [2.45, 2.75) is 6.54 Å². The van der Waals surface area contributed by atoms with Crippen LogP contribution in [0, 0.1) is 0 Å². The van der Waals surface area contributed by atoms with E-state index in [0.29, 0.717) is 12.2 Å². The van der Waals surface area contributed by atoms with Crippen molar-refractivity contribution in [1.82, 2.24) is 25.4 Å². The fraction of sp³-hybridized carbons (Fsp3) is 0.400. The number of aromatic amines is 1. The highest BCUT2D eigenvalue weighted by Crippen LogP contribution is 2.13. The number of carbonyl (C=O) groups is 1. The van der Waals surface area contributed by atoms with E-state index in [1.807, 2.05) is 18.3 Å². The number of piperazine rings is 1. The molecule has 1 aliphatic rings. The average Bonchev–Trinajstić information content (AvgIpc) is 3.07. The molecule has 2 amide bonds. The molecule has 0 spiro atoms. The van der Waals surface area contributed by atoms with E-state index < -0.39 is 0 Å². The number of likely N-dealkylation sites (N-methyl/N-ethyl adjacent to an activating group) is 1. The fourth-order valence-electron chi connectivity index (χ4n) is 2.42. The Labute approximate surface area is 134 Å². The van der Waals surface area contributed by atoms with Gasteiger partial charge in [0.05, 0.1) is 11.9 Å². The molecular formula is C15H21N7O. The molecule has 3 N–H and O–H groups in total. The summed E-state index contributed by atoms with van der Waals surface area (Å²) < 4.78 is 0. The van der Waals surface area contributed by atoms with E-state index in [9.17, 15) is 4.79 Å². The first-order valence-corrected chi connectivity index (χ1v) is 7.63. The zero-order valence-corrected chi connectivity index (χ0v) is 13.1. The number of rotatable bonds is 4. The summed E-state index contributed by atoms with van der Waals surface area (Å²) in [5.41, 5.74) is 1.59. The molecule has 0 unspecified atom stereocenters. The number of aromatic nitrogens is 3. The normalized spacial score (nSPS) is 15.4. The molecule has 8 nitrogen and oxygen atoms in total. The van der Waals surface area contributed by atoms with E-state index in [0.717, 1.165) is 37.6 Å². The average molecular weight is 315 g/mol. The highest BCUT2D eigenvalue weighted by Gasteiger charge is 2.14. The van der Waals surface area contributed by atoms with Crippen LogP contribution in [-0.4, -0.2) is 59.3 Å². The summed E-state index contributed by atoms with van der Waals surface area (Å²) in [6.45, 7) is 4.53. The summed E-state index contributed by atoms with van der Waals surface area (Å²) in [4.78, 5) is 20.8. The monoisotopic (exact) mass is 315 g/mol. The molecule has 2 aromatic heterocycles. The van der Waals surface area contributed by atoms with Gasteiger partial charge in [-0.05, 0) is 18.7 Å². The minimum atomic E-state index is -0.269. The molecule has 0 radical (unpaired) electrons. The van der Waals surface area contributed by atoms with E-state index >= 15 is 0 Å². The van der Waals surface area contributed by atoms with E-state index in [1.165, 1.54) is 0 Å². The lowest BCUT2D eigenvalue weighted by Gasteiger charge is -2.33. The third-order valence-electron chi connectivity index (χ3n) is 3.85. The number of carbonyl (C=O) groups excluding carboxylic acids is 1. The maximum absolute atomic E-state index is 11.7. The quantitative estimate of drug-likeness (QED) is 0.779. The molecule has 0 aliphatic carbocycles. The highest BCUT2D eigenvalue weighted by atomic mass is 16.2. The Morgan fingerprint density at radius 1 is 1.26 bits per heavy atom. The molecule has 8 heteroatoms. The zero-order valence-electron chi connectivity index (χ0n) is 13.1. The summed E-state index contributed by atoms with van der Waals surface area (Å²) in [7, 11) is 2.13. The zero-order chi connectivity index (χ0) is 16.1. The lowest BCUT2D eigenvalue weighted by molar-refractivity contribution is 0.251. The third kappa shape index (κ3) is 4.19. The van der Waals surface area contributed by atoms with E-state index in [4.69, 9.17) is 0 Å². The molecular weight excluding hydrogens is 294 g/mol. The number of anilines is 2. The van der Waals surface area contributed by atoms with Crippen molar-refractivity contribution in [3.05, 3.63) is 36.3 Å². The van der Waals surface area contributed by atoms with Crippen LogP contribution in [0.2, 0.25) is 0 Å². The molecule has 0 aromatic carbocycles. The topological polar surface area (TPSA) is 89.2 Å². The first-order valence-electron chi connectivity index (χ1n) is 7.63. The summed E-state index contributed by atoms with van der Waals surface area (Å²) >= 11 is 0. The second kappa shape index (κ2) is 7.10. The van der Waals surface area contributed by atoms with Crippen molar-refractivity contribution in [1.29, 1.82) is 0 Å². The van der Waals surface area contributed by atoms with Gasteiger partial charge in [0.1, 0.15) is 5.82 Å². The molecule has 0 saturated carbocycles. The number of H-pyrrole nitrogens is 1. The minimum absolute atomic E-state index is 0.269. The first-order chi connectivity index (χ1) is 11.2. The van der Waals surface area contributed by atoms with Crippen LogP contribution in [0.25, 0.3) is 0 Å². The molecule has 0 bridgehead atoms. The van der Waals surface area contributed by atoms with Gasteiger partial charge in [-0.1, -0.05) is 6.07 Å². The van der Waals surface area contributed by atoms with Gasteiger partial charge in [-0.3, -0.25) is 5.10 Å². The largest absolute Gasteiger partial charge is 0.354 e. The molecule has 3 heterocycles. The van der Waals surface area contributed by atoms with Crippen LogP contribution in [0.1, 0.15) is 5.56 Å². The molecule has 1 saturated heterocycles. The summed E-state index contributed by atoms with van der Waals surface area (Å²) in [6.07, 6.45) is 4.98. The summed E-state index contributed by atoms with van der Waals surface area (Å²) in [5.74, 6) is 0.990. The Morgan fingerprint density at radius 2 is 2.09 bits per heavy atom. The predicted octanol–water partition coefficient (Wildman–Crippen LogP) is 0.878. The Morgan fingerprint density at radius 3 is 2.74 bits per heavy atom. The van der Waals surface area contributed by atoms with Crippen molar-refractivity contribution < 1.29 is 4.79 Å². The van der Waals surface area contributed by atoms with Crippen LogP contribution in [-0.2, 0) is 6.54 Å². The van der Waals surface area contributed by atoms with Gasteiger partial charge in [-0.25, -0.2) is 9.78 Å². The number of hydrogen-bond donors (Lipinski definition) is 3. The van der Waals surface area contributed by atoms with Gasteiger partial charge in [-0.15, -0.1) is 0 Å². The molecule has 3 rings (SSSR count). The lowest BCUT2D eigenvalue weighted by atomic mass is 10.2. The van der Waals surface area contributed by atoms with Crippen LogP contribution in [0.5, 0.6) is 0 Å². The molecule has 2 aromatic rings. The van der Waals surface area contributed by atoms with Gasteiger partial charge >= 0.3 is 6.03 Å². The Hall–Kier alpha value is -2.61. The van der Waals surface area contributed by atoms with E-state index in [-0.39, 0.29) is 6.03 Å².